The lowest BCUT2D eigenvalue weighted by Gasteiger charge is -2.09. The van der Waals surface area contributed by atoms with Gasteiger partial charge < -0.3 is 5.11 Å². The Bertz CT molecular complexity index is 430. The van der Waals surface area contributed by atoms with Gasteiger partial charge in [-0.25, -0.2) is 0 Å². The molecule has 0 saturated carbocycles. The van der Waals surface area contributed by atoms with Crippen molar-refractivity contribution in [3.8, 4) is 0 Å². The summed E-state index contributed by atoms with van der Waals surface area (Å²) in [5, 5.41) is 9.98. The third-order valence-electron chi connectivity index (χ3n) is 2.05. The molecule has 0 radical (unpaired) electrons. The van der Waals surface area contributed by atoms with Gasteiger partial charge in [0.1, 0.15) is 6.10 Å². The van der Waals surface area contributed by atoms with Crippen molar-refractivity contribution in [3.63, 3.8) is 0 Å². The number of benzene rings is 1. The molecular formula is C11H9IN2O. The van der Waals surface area contributed by atoms with Crippen molar-refractivity contribution in [2.24, 2.45) is 0 Å². The van der Waals surface area contributed by atoms with Crippen molar-refractivity contribution in [1.82, 2.24) is 9.97 Å². The quantitative estimate of drug-likeness (QED) is 0.865. The van der Waals surface area contributed by atoms with E-state index in [4.69, 9.17) is 0 Å². The second kappa shape index (κ2) is 4.67. The Balaban J connectivity index is 2.29. The van der Waals surface area contributed by atoms with Gasteiger partial charge in [-0.15, -0.1) is 0 Å². The fraction of sp³-hybridized carbons (Fsp3) is 0.0909. The van der Waals surface area contributed by atoms with Crippen molar-refractivity contribution < 1.29 is 5.11 Å². The highest BCUT2D eigenvalue weighted by Gasteiger charge is 2.10. The van der Waals surface area contributed by atoms with Crippen molar-refractivity contribution in [3.05, 3.63) is 57.7 Å². The van der Waals surface area contributed by atoms with E-state index < -0.39 is 6.10 Å². The molecule has 0 aliphatic heterocycles. The van der Waals surface area contributed by atoms with Crippen LogP contribution in [0.4, 0.5) is 0 Å². The third kappa shape index (κ3) is 2.51. The molecule has 1 N–H and O–H groups in total. The molecule has 0 aliphatic carbocycles. The lowest BCUT2D eigenvalue weighted by atomic mass is 10.1. The van der Waals surface area contributed by atoms with E-state index in [1.807, 2.05) is 24.3 Å². The number of aliphatic hydroxyl groups is 1. The average molecular weight is 312 g/mol. The molecule has 1 aromatic carbocycles. The standard InChI is InChI=1S/C11H9IN2O/c12-9-3-1-8(2-4-9)11(15)10-7-13-5-6-14-10/h1-7,11,15H. The molecular weight excluding hydrogens is 303 g/mol. The molecule has 0 amide bonds. The Morgan fingerprint density at radius 2 is 1.87 bits per heavy atom. The second-order valence-electron chi connectivity index (χ2n) is 3.08. The van der Waals surface area contributed by atoms with E-state index in [1.165, 1.54) is 0 Å². The van der Waals surface area contributed by atoms with Crippen LogP contribution in [0.25, 0.3) is 0 Å². The number of aliphatic hydroxyl groups excluding tert-OH is 1. The van der Waals surface area contributed by atoms with E-state index in [-0.39, 0.29) is 0 Å². The molecule has 0 bridgehead atoms. The molecule has 0 saturated heterocycles. The SMILES string of the molecule is OC(c1ccc(I)cc1)c1cnccn1. The molecule has 0 fully saturated rings. The number of aromatic nitrogens is 2. The maximum absolute atomic E-state index is 9.98. The first kappa shape index (κ1) is 10.5. The maximum Gasteiger partial charge on any atom is 0.123 e. The van der Waals surface area contributed by atoms with Gasteiger partial charge in [0.25, 0.3) is 0 Å². The van der Waals surface area contributed by atoms with Crippen LogP contribution >= 0.6 is 22.6 Å². The average Bonchev–Trinajstić information content (AvgIpc) is 2.30. The van der Waals surface area contributed by atoms with E-state index in [1.54, 1.807) is 18.6 Å². The lowest BCUT2D eigenvalue weighted by Crippen LogP contribution is -2.02. The van der Waals surface area contributed by atoms with Gasteiger partial charge in [0.2, 0.25) is 0 Å². The van der Waals surface area contributed by atoms with Gasteiger partial charge in [-0.3, -0.25) is 9.97 Å². The first-order chi connectivity index (χ1) is 7.27. The second-order valence-corrected chi connectivity index (χ2v) is 4.33. The van der Waals surface area contributed by atoms with Crippen LogP contribution in [0.15, 0.2) is 42.9 Å². The number of nitrogens with zero attached hydrogens (tertiary/aromatic N) is 2. The number of halogens is 1. The summed E-state index contributed by atoms with van der Waals surface area (Å²) in [6.07, 6.45) is 4.04. The molecule has 0 spiro atoms. The predicted octanol–water partition coefficient (Wildman–Crippen LogP) is 2.16. The summed E-state index contributed by atoms with van der Waals surface area (Å²) in [6.45, 7) is 0. The van der Waals surface area contributed by atoms with Crippen LogP contribution in [0, 0.1) is 3.57 Å². The van der Waals surface area contributed by atoms with Gasteiger partial charge in [0, 0.05) is 16.0 Å². The normalized spacial score (nSPS) is 12.4. The molecule has 3 nitrogen and oxygen atoms in total. The largest absolute Gasteiger partial charge is 0.382 e. The fourth-order valence-electron chi connectivity index (χ4n) is 1.27. The zero-order valence-electron chi connectivity index (χ0n) is 7.84. The summed E-state index contributed by atoms with van der Waals surface area (Å²) < 4.78 is 1.14. The topological polar surface area (TPSA) is 46.0 Å². The Morgan fingerprint density at radius 1 is 1.13 bits per heavy atom. The fourth-order valence-corrected chi connectivity index (χ4v) is 1.63. The predicted molar refractivity (Wildman–Crippen MR) is 65.3 cm³/mol. The van der Waals surface area contributed by atoms with E-state index in [2.05, 4.69) is 32.6 Å². The molecule has 2 rings (SSSR count). The Kier molecular flexibility index (Phi) is 3.27. The highest BCUT2D eigenvalue weighted by Crippen LogP contribution is 2.19. The van der Waals surface area contributed by atoms with Gasteiger partial charge in [0.15, 0.2) is 0 Å². The van der Waals surface area contributed by atoms with Gasteiger partial charge >= 0.3 is 0 Å². The van der Waals surface area contributed by atoms with E-state index >= 15 is 0 Å². The van der Waals surface area contributed by atoms with Crippen LogP contribution in [-0.4, -0.2) is 15.1 Å². The van der Waals surface area contributed by atoms with Gasteiger partial charge in [-0.05, 0) is 40.3 Å². The maximum atomic E-state index is 9.98. The minimum atomic E-state index is -0.698. The van der Waals surface area contributed by atoms with Gasteiger partial charge in [-0.1, -0.05) is 12.1 Å². The van der Waals surface area contributed by atoms with Crippen molar-refractivity contribution in [2.45, 2.75) is 6.10 Å². The van der Waals surface area contributed by atoms with Crippen LogP contribution in [0.5, 0.6) is 0 Å². The minimum absolute atomic E-state index is 0.568. The van der Waals surface area contributed by atoms with Crippen molar-refractivity contribution in [2.75, 3.05) is 0 Å². The van der Waals surface area contributed by atoms with E-state index in [9.17, 15) is 5.11 Å². The number of hydrogen-bond donors (Lipinski definition) is 1. The smallest absolute Gasteiger partial charge is 0.123 e. The summed E-state index contributed by atoms with van der Waals surface area (Å²) in [5.41, 5.74) is 1.40. The molecule has 1 aromatic heterocycles. The molecule has 76 valence electrons. The zero-order chi connectivity index (χ0) is 10.7. The number of hydrogen-bond acceptors (Lipinski definition) is 3. The first-order valence-corrected chi connectivity index (χ1v) is 5.54. The molecule has 1 unspecified atom stereocenters. The summed E-state index contributed by atoms with van der Waals surface area (Å²) in [7, 11) is 0. The lowest BCUT2D eigenvalue weighted by molar-refractivity contribution is 0.215. The summed E-state index contributed by atoms with van der Waals surface area (Å²) in [5.74, 6) is 0. The highest BCUT2D eigenvalue weighted by molar-refractivity contribution is 14.1. The van der Waals surface area contributed by atoms with Crippen molar-refractivity contribution >= 4 is 22.6 Å². The minimum Gasteiger partial charge on any atom is -0.382 e. The zero-order valence-corrected chi connectivity index (χ0v) is 10.00. The highest BCUT2D eigenvalue weighted by atomic mass is 127. The molecule has 0 aliphatic rings. The van der Waals surface area contributed by atoms with Crippen LogP contribution in [0.2, 0.25) is 0 Å². The van der Waals surface area contributed by atoms with Crippen molar-refractivity contribution in [1.29, 1.82) is 0 Å². The van der Waals surface area contributed by atoms with Crippen LogP contribution in [0.3, 0.4) is 0 Å². The Hall–Kier alpha value is -1.01. The third-order valence-corrected chi connectivity index (χ3v) is 2.77. The molecule has 1 atom stereocenters. The van der Waals surface area contributed by atoms with E-state index in [0.29, 0.717) is 5.69 Å². The van der Waals surface area contributed by atoms with Crippen LogP contribution in [-0.2, 0) is 0 Å². The monoisotopic (exact) mass is 312 g/mol. The van der Waals surface area contributed by atoms with Gasteiger partial charge in [-0.2, -0.15) is 0 Å². The molecule has 1 heterocycles. The Morgan fingerprint density at radius 3 is 2.47 bits per heavy atom. The van der Waals surface area contributed by atoms with Gasteiger partial charge in [0.05, 0.1) is 11.9 Å². The molecule has 4 heteroatoms. The first-order valence-electron chi connectivity index (χ1n) is 4.47. The van der Waals surface area contributed by atoms with Crippen LogP contribution in [0.1, 0.15) is 17.4 Å². The number of rotatable bonds is 2. The summed E-state index contributed by atoms with van der Waals surface area (Å²) >= 11 is 2.22. The van der Waals surface area contributed by atoms with E-state index in [0.717, 1.165) is 9.13 Å². The summed E-state index contributed by atoms with van der Waals surface area (Å²) in [6, 6.07) is 7.69. The molecule has 2 aromatic rings. The Labute approximate surface area is 101 Å². The summed E-state index contributed by atoms with van der Waals surface area (Å²) in [4.78, 5) is 7.99. The molecule has 15 heavy (non-hydrogen) atoms. The van der Waals surface area contributed by atoms with Crippen LogP contribution < -0.4 is 0 Å².